The summed E-state index contributed by atoms with van der Waals surface area (Å²) in [6.07, 6.45) is 3.65. The van der Waals surface area contributed by atoms with E-state index >= 15 is 0 Å². The van der Waals surface area contributed by atoms with Crippen LogP contribution in [0.25, 0.3) is 0 Å². The van der Waals surface area contributed by atoms with Crippen molar-refractivity contribution < 1.29 is 8.42 Å². The first-order valence-electron chi connectivity index (χ1n) is 7.79. The zero-order chi connectivity index (χ0) is 15.3. The minimum atomic E-state index is -3.19. The molecule has 1 atom stereocenters. The number of sulfone groups is 1. The molecule has 1 aliphatic rings. The van der Waals surface area contributed by atoms with E-state index in [-0.39, 0.29) is 5.75 Å². The molecule has 0 bridgehead atoms. The van der Waals surface area contributed by atoms with Crippen LogP contribution in [0.3, 0.4) is 0 Å². The van der Waals surface area contributed by atoms with Crippen LogP contribution in [-0.4, -0.2) is 38.7 Å². The average Bonchev–Trinajstić information content (AvgIpc) is 2.53. The van der Waals surface area contributed by atoms with Crippen molar-refractivity contribution >= 4 is 9.84 Å². The maximum Gasteiger partial charge on any atom is 0.179 e. The van der Waals surface area contributed by atoms with E-state index in [0.29, 0.717) is 18.0 Å². The lowest BCUT2D eigenvalue weighted by atomic mass is 9.96. The smallest absolute Gasteiger partial charge is 0.179 e. The highest BCUT2D eigenvalue weighted by molar-refractivity contribution is 7.91. The highest BCUT2D eigenvalue weighted by atomic mass is 32.2. The van der Waals surface area contributed by atoms with Gasteiger partial charge < -0.3 is 10.6 Å². The van der Waals surface area contributed by atoms with E-state index in [1.165, 1.54) is 19.3 Å². The summed E-state index contributed by atoms with van der Waals surface area (Å²) in [5.41, 5.74) is 6.49. The summed E-state index contributed by atoms with van der Waals surface area (Å²) in [5, 5.41) is 0. The fraction of sp³-hybridized carbons (Fsp3) is 0.625. The SMILES string of the molecule is CCC1CCCN(CCS(=O)(=O)c2ccc(CN)cc2)C1. The quantitative estimate of drug-likeness (QED) is 0.873. The van der Waals surface area contributed by atoms with Gasteiger partial charge in [0.25, 0.3) is 0 Å². The van der Waals surface area contributed by atoms with E-state index in [0.717, 1.165) is 24.6 Å². The fourth-order valence-electron chi connectivity index (χ4n) is 2.89. The second-order valence-electron chi connectivity index (χ2n) is 5.88. The summed E-state index contributed by atoms with van der Waals surface area (Å²) in [6, 6.07) is 6.92. The van der Waals surface area contributed by atoms with Crippen LogP contribution in [0.5, 0.6) is 0 Å². The van der Waals surface area contributed by atoms with Crippen molar-refractivity contribution in [1.82, 2.24) is 4.90 Å². The topological polar surface area (TPSA) is 63.4 Å². The van der Waals surface area contributed by atoms with E-state index in [2.05, 4.69) is 11.8 Å². The first kappa shape index (κ1) is 16.5. The number of rotatable bonds is 6. The molecule has 1 saturated heterocycles. The Labute approximate surface area is 128 Å². The van der Waals surface area contributed by atoms with Crippen LogP contribution in [-0.2, 0) is 16.4 Å². The van der Waals surface area contributed by atoms with Gasteiger partial charge in [-0.15, -0.1) is 0 Å². The van der Waals surface area contributed by atoms with E-state index in [4.69, 9.17) is 5.73 Å². The molecule has 1 aromatic rings. The normalized spacial score (nSPS) is 20.6. The molecule has 2 N–H and O–H groups in total. The first-order chi connectivity index (χ1) is 10.0. The predicted octanol–water partition coefficient (Wildman–Crippen LogP) is 2.04. The zero-order valence-electron chi connectivity index (χ0n) is 12.8. The molecule has 118 valence electrons. The molecule has 5 heteroatoms. The number of likely N-dealkylation sites (tertiary alicyclic amines) is 1. The highest BCUT2D eigenvalue weighted by Crippen LogP contribution is 2.19. The first-order valence-corrected chi connectivity index (χ1v) is 9.44. The van der Waals surface area contributed by atoms with Crippen LogP contribution < -0.4 is 5.73 Å². The minimum absolute atomic E-state index is 0.200. The lowest BCUT2D eigenvalue weighted by molar-refractivity contribution is 0.180. The highest BCUT2D eigenvalue weighted by Gasteiger charge is 2.21. The molecule has 1 aromatic carbocycles. The standard InChI is InChI=1S/C16H26N2O2S/c1-2-14-4-3-9-18(13-14)10-11-21(19,20)16-7-5-15(12-17)6-8-16/h5-8,14H,2-4,9-13,17H2,1H3. The number of nitrogens with two attached hydrogens (primary N) is 1. The molecule has 21 heavy (non-hydrogen) atoms. The maximum atomic E-state index is 12.4. The molecule has 0 radical (unpaired) electrons. The van der Waals surface area contributed by atoms with Gasteiger partial charge in [-0.1, -0.05) is 25.5 Å². The molecule has 1 aliphatic heterocycles. The van der Waals surface area contributed by atoms with Crippen LogP contribution in [0.4, 0.5) is 0 Å². The Morgan fingerprint density at radius 3 is 2.62 bits per heavy atom. The van der Waals surface area contributed by atoms with Crippen LogP contribution in [0.15, 0.2) is 29.2 Å². The molecular weight excluding hydrogens is 284 g/mol. The van der Waals surface area contributed by atoms with Crippen molar-refractivity contribution in [2.24, 2.45) is 11.7 Å². The second kappa shape index (κ2) is 7.38. The van der Waals surface area contributed by atoms with Crippen molar-refractivity contribution in [3.63, 3.8) is 0 Å². The lowest BCUT2D eigenvalue weighted by Crippen LogP contribution is -2.38. The van der Waals surface area contributed by atoms with Gasteiger partial charge in [-0.3, -0.25) is 0 Å². The number of benzene rings is 1. The van der Waals surface area contributed by atoms with Gasteiger partial charge in [0.15, 0.2) is 9.84 Å². The summed E-state index contributed by atoms with van der Waals surface area (Å²) < 4.78 is 24.7. The van der Waals surface area contributed by atoms with E-state index in [1.54, 1.807) is 24.3 Å². The van der Waals surface area contributed by atoms with Gasteiger partial charge in [0.2, 0.25) is 0 Å². The monoisotopic (exact) mass is 310 g/mol. The molecule has 0 aromatic heterocycles. The van der Waals surface area contributed by atoms with Gasteiger partial charge in [0.05, 0.1) is 10.6 Å². The molecule has 0 spiro atoms. The van der Waals surface area contributed by atoms with Gasteiger partial charge in [-0.25, -0.2) is 8.42 Å². The van der Waals surface area contributed by atoms with Gasteiger partial charge in [-0.2, -0.15) is 0 Å². The van der Waals surface area contributed by atoms with Crippen LogP contribution in [0.2, 0.25) is 0 Å². The van der Waals surface area contributed by atoms with Gasteiger partial charge in [0.1, 0.15) is 0 Å². The Bertz CT molecular complexity index is 540. The number of hydrogen-bond acceptors (Lipinski definition) is 4. The summed E-state index contributed by atoms with van der Waals surface area (Å²) in [4.78, 5) is 2.70. The number of nitrogens with zero attached hydrogens (tertiary/aromatic N) is 1. The van der Waals surface area contributed by atoms with Crippen LogP contribution in [0.1, 0.15) is 31.7 Å². The second-order valence-corrected chi connectivity index (χ2v) is 7.99. The minimum Gasteiger partial charge on any atom is -0.326 e. The van der Waals surface area contributed by atoms with Crippen molar-refractivity contribution in [2.45, 2.75) is 37.6 Å². The molecule has 0 amide bonds. The fourth-order valence-corrected chi connectivity index (χ4v) is 4.17. The molecule has 4 nitrogen and oxygen atoms in total. The van der Waals surface area contributed by atoms with E-state index in [9.17, 15) is 8.42 Å². The summed E-state index contributed by atoms with van der Waals surface area (Å²) in [7, 11) is -3.19. The number of piperidine rings is 1. The summed E-state index contributed by atoms with van der Waals surface area (Å²) in [6.45, 7) is 5.35. The zero-order valence-corrected chi connectivity index (χ0v) is 13.6. The Hall–Kier alpha value is -0.910. The third-order valence-electron chi connectivity index (χ3n) is 4.37. The Balaban J connectivity index is 1.94. The molecule has 1 fully saturated rings. The molecule has 0 saturated carbocycles. The molecule has 0 aliphatic carbocycles. The Morgan fingerprint density at radius 2 is 2.00 bits per heavy atom. The van der Waals surface area contributed by atoms with Crippen LogP contribution in [0, 0.1) is 5.92 Å². The van der Waals surface area contributed by atoms with Crippen molar-refractivity contribution in [1.29, 1.82) is 0 Å². The summed E-state index contributed by atoms with van der Waals surface area (Å²) >= 11 is 0. The van der Waals surface area contributed by atoms with E-state index < -0.39 is 9.84 Å². The van der Waals surface area contributed by atoms with Gasteiger partial charge in [0, 0.05) is 19.6 Å². The van der Waals surface area contributed by atoms with Crippen molar-refractivity contribution in [3.05, 3.63) is 29.8 Å². The Kier molecular flexibility index (Phi) is 5.79. The largest absolute Gasteiger partial charge is 0.326 e. The lowest BCUT2D eigenvalue weighted by Gasteiger charge is -2.32. The molecular formula is C16H26N2O2S. The van der Waals surface area contributed by atoms with Crippen LogP contribution >= 0.6 is 0 Å². The van der Waals surface area contributed by atoms with Gasteiger partial charge >= 0.3 is 0 Å². The number of hydrogen-bond donors (Lipinski definition) is 1. The maximum absolute atomic E-state index is 12.4. The average molecular weight is 310 g/mol. The molecule has 2 rings (SSSR count). The molecule has 1 heterocycles. The van der Waals surface area contributed by atoms with Crippen molar-refractivity contribution in [3.8, 4) is 0 Å². The Morgan fingerprint density at radius 1 is 1.29 bits per heavy atom. The predicted molar refractivity (Wildman–Crippen MR) is 85.8 cm³/mol. The van der Waals surface area contributed by atoms with E-state index in [1.807, 2.05) is 0 Å². The third-order valence-corrected chi connectivity index (χ3v) is 6.09. The van der Waals surface area contributed by atoms with Gasteiger partial charge in [-0.05, 0) is 43.0 Å². The molecule has 1 unspecified atom stereocenters. The van der Waals surface area contributed by atoms with Crippen molar-refractivity contribution in [2.75, 3.05) is 25.4 Å². The summed E-state index contributed by atoms with van der Waals surface area (Å²) in [5.74, 6) is 0.927. The third kappa shape index (κ3) is 4.53.